The molecule has 0 saturated heterocycles. The minimum atomic E-state index is -4.28. The highest BCUT2D eigenvalue weighted by Gasteiger charge is 2.31. The normalized spacial score (nSPS) is 25.1. The van der Waals surface area contributed by atoms with Gasteiger partial charge in [0.2, 0.25) is 0 Å². The van der Waals surface area contributed by atoms with E-state index < -0.39 is 11.7 Å². The van der Waals surface area contributed by atoms with Crippen LogP contribution in [0, 0.1) is 5.92 Å². The Labute approximate surface area is 105 Å². The standard InChI is InChI=1S/C14H17F3O/c15-14(16,17)12-7-5-10(6-8-12)13-4-2-1-3-11(13)9-18/h5-8,11,13,18H,1-4,9H2. The van der Waals surface area contributed by atoms with E-state index >= 15 is 0 Å². The van der Waals surface area contributed by atoms with E-state index in [-0.39, 0.29) is 18.4 Å². The molecule has 1 aliphatic rings. The van der Waals surface area contributed by atoms with E-state index in [0.717, 1.165) is 43.4 Å². The van der Waals surface area contributed by atoms with Crippen LogP contribution in [0.4, 0.5) is 13.2 Å². The topological polar surface area (TPSA) is 20.2 Å². The molecule has 2 unspecified atom stereocenters. The Bertz CT molecular complexity index is 383. The van der Waals surface area contributed by atoms with Crippen LogP contribution in [-0.2, 0) is 6.18 Å². The summed E-state index contributed by atoms with van der Waals surface area (Å²) in [6.45, 7) is 0.117. The second-order valence-electron chi connectivity index (χ2n) is 4.95. The van der Waals surface area contributed by atoms with Crippen molar-refractivity contribution in [3.8, 4) is 0 Å². The number of benzene rings is 1. The van der Waals surface area contributed by atoms with Crippen molar-refractivity contribution in [2.45, 2.75) is 37.8 Å². The number of rotatable bonds is 2. The number of halogens is 3. The smallest absolute Gasteiger partial charge is 0.396 e. The first-order chi connectivity index (χ1) is 8.52. The van der Waals surface area contributed by atoms with Gasteiger partial charge in [-0.15, -0.1) is 0 Å². The summed E-state index contributed by atoms with van der Waals surface area (Å²) in [7, 11) is 0. The van der Waals surface area contributed by atoms with Gasteiger partial charge in [0, 0.05) is 6.61 Å². The maximum Gasteiger partial charge on any atom is 0.416 e. The van der Waals surface area contributed by atoms with Gasteiger partial charge in [-0.05, 0) is 42.4 Å². The minimum absolute atomic E-state index is 0.117. The monoisotopic (exact) mass is 258 g/mol. The molecule has 0 heterocycles. The zero-order chi connectivity index (χ0) is 13.2. The molecule has 0 amide bonds. The molecule has 4 heteroatoms. The molecule has 0 radical (unpaired) electrons. The van der Waals surface area contributed by atoms with Crippen LogP contribution in [0.1, 0.15) is 42.7 Å². The second kappa shape index (κ2) is 5.31. The molecular weight excluding hydrogens is 241 g/mol. The van der Waals surface area contributed by atoms with Crippen molar-refractivity contribution in [3.63, 3.8) is 0 Å². The number of aliphatic hydroxyl groups is 1. The molecule has 1 nitrogen and oxygen atoms in total. The maximum absolute atomic E-state index is 12.5. The van der Waals surface area contributed by atoms with Crippen molar-refractivity contribution in [2.75, 3.05) is 6.61 Å². The summed E-state index contributed by atoms with van der Waals surface area (Å²) >= 11 is 0. The molecule has 0 aliphatic heterocycles. The van der Waals surface area contributed by atoms with Gasteiger partial charge in [-0.3, -0.25) is 0 Å². The van der Waals surface area contributed by atoms with Gasteiger partial charge < -0.3 is 5.11 Å². The summed E-state index contributed by atoms with van der Waals surface area (Å²) in [5.41, 5.74) is 0.310. The van der Waals surface area contributed by atoms with Gasteiger partial charge >= 0.3 is 6.18 Å². The maximum atomic E-state index is 12.5. The van der Waals surface area contributed by atoms with Crippen LogP contribution >= 0.6 is 0 Å². The molecule has 1 saturated carbocycles. The molecule has 0 bridgehead atoms. The van der Waals surface area contributed by atoms with Crippen molar-refractivity contribution >= 4 is 0 Å². The predicted octanol–water partition coefficient (Wildman–Crippen LogP) is 3.97. The molecule has 100 valence electrons. The van der Waals surface area contributed by atoms with Gasteiger partial charge in [0.1, 0.15) is 0 Å². The highest BCUT2D eigenvalue weighted by atomic mass is 19.4. The van der Waals surface area contributed by atoms with Gasteiger partial charge in [0.05, 0.1) is 5.56 Å². The summed E-state index contributed by atoms with van der Waals surface area (Å²) < 4.78 is 37.4. The van der Waals surface area contributed by atoms with E-state index in [0.29, 0.717) is 0 Å². The zero-order valence-electron chi connectivity index (χ0n) is 10.1. The average molecular weight is 258 g/mol. The molecule has 1 aliphatic carbocycles. The molecule has 2 rings (SSSR count). The molecule has 1 aromatic rings. The average Bonchev–Trinajstić information content (AvgIpc) is 2.38. The molecule has 1 fully saturated rings. The van der Waals surface area contributed by atoms with Crippen LogP contribution in [-0.4, -0.2) is 11.7 Å². The zero-order valence-corrected chi connectivity index (χ0v) is 10.1. The Balaban J connectivity index is 2.18. The highest BCUT2D eigenvalue weighted by Crippen LogP contribution is 2.38. The van der Waals surface area contributed by atoms with Crippen molar-refractivity contribution in [2.24, 2.45) is 5.92 Å². The fourth-order valence-corrected chi connectivity index (χ4v) is 2.78. The Kier molecular flexibility index (Phi) is 3.95. The Morgan fingerprint density at radius 3 is 2.22 bits per heavy atom. The van der Waals surface area contributed by atoms with Gasteiger partial charge in [0.15, 0.2) is 0 Å². The third-order valence-electron chi connectivity index (χ3n) is 3.81. The van der Waals surface area contributed by atoms with Crippen molar-refractivity contribution in [1.29, 1.82) is 0 Å². The first kappa shape index (κ1) is 13.4. The van der Waals surface area contributed by atoms with E-state index in [9.17, 15) is 18.3 Å². The third kappa shape index (κ3) is 2.86. The van der Waals surface area contributed by atoms with Gasteiger partial charge in [-0.1, -0.05) is 25.0 Å². The molecular formula is C14H17F3O. The van der Waals surface area contributed by atoms with Crippen molar-refractivity contribution in [3.05, 3.63) is 35.4 Å². The summed E-state index contributed by atoms with van der Waals surface area (Å²) in [6.07, 6.45) is -0.176. The van der Waals surface area contributed by atoms with E-state index in [1.165, 1.54) is 0 Å². The van der Waals surface area contributed by atoms with E-state index in [4.69, 9.17) is 0 Å². The number of hydrogen-bond acceptors (Lipinski definition) is 1. The second-order valence-corrected chi connectivity index (χ2v) is 4.95. The van der Waals surface area contributed by atoms with Crippen molar-refractivity contribution in [1.82, 2.24) is 0 Å². The van der Waals surface area contributed by atoms with Crippen LogP contribution in [0.15, 0.2) is 24.3 Å². The lowest BCUT2D eigenvalue weighted by molar-refractivity contribution is -0.137. The van der Waals surface area contributed by atoms with Crippen LogP contribution in [0.5, 0.6) is 0 Å². The summed E-state index contributed by atoms with van der Waals surface area (Å²) in [5, 5.41) is 9.33. The summed E-state index contributed by atoms with van der Waals surface area (Å²) in [4.78, 5) is 0. The van der Waals surface area contributed by atoms with Crippen LogP contribution in [0.3, 0.4) is 0 Å². The van der Waals surface area contributed by atoms with Crippen LogP contribution in [0.25, 0.3) is 0 Å². The molecule has 0 spiro atoms. The molecule has 0 aromatic heterocycles. The lowest BCUT2D eigenvalue weighted by Crippen LogP contribution is -2.21. The number of alkyl halides is 3. The highest BCUT2D eigenvalue weighted by molar-refractivity contribution is 5.27. The van der Waals surface area contributed by atoms with Gasteiger partial charge in [0.25, 0.3) is 0 Å². The third-order valence-corrected chi connectivity index (χ3v) is 3.81. The SMILES string of the molecule is OCC1CCCCC1c1ccc(C(F)(F)F)cc1. The Morgan fingerprint density at radius 1 is 1.06 bits per heavy atom. The first-order valence-electron chi connectivity index (χ1n) is 6.30. The lowest BCUT2D eigenvalue weighted by atomic mass is 9.76. The Hall–Kier alpha value is -1.03. The minimum Gasteiger partial charge on any atom is -0.396 e. The first-order valence-corrected chi connectivity index (χ1v) is 6.30. The quantitative estimate of drug-likeness (QED) is 0.851. The molecule has 18 heavy (non-hydrogen) atoms. The van der Waals surface area contributed by atoms with Gasteiger partial charge in [-0.2, -0.15) is 13.2 Å². The predicted molar refractivity (Wildman–Crippen MR) is 63.2 cm³/mol. The lowest BCUT2D eigenvalue weighted by Gasteiger charge is -2.30. The molecule has 1 aromatic carbocycles. The van der Waals surface area contributed by atoms with E-state index in [2.05, 4.69) is 0 Å². The largest absolute Gasteiger partial charge is 0.416 e. The molecule has 2 atom stereocenters. The number of hydrogen-bond donors (Lipinski definition) is 1. The van der Waals surface area contributed by atoms with E-state index in [1.807, 2.05) is 0 Å². The van der Waals surface area contributed by atoms with Crippen LogP contribution in [0.2, 0.25) is 0 Å². The van der Waals surface area contributed by atoms with Crippen molar-refractivity contribution < 1.29 is 18.3 Å². The Morgan fingerprint density at radius 2 is 1.67 bits per heavy atom. The van der Waals surface area contributed by atoms with Crippen LogP contribution < -0.4 is 0 Å². The fourth-order valence-electron chi connectivity index (χ4n) is 2.78. The summed E-state index contributed by atoms with van der Waals surface area (Å²) in [6, 6.07) is 5.39. The molecule has 1 N–H and O–H groups in total. The fraction of sp³-hybridized carbons (Fsp3) is 0.571. The van der Waals surface area contributed by atoms with Gasteiger partial charge in [-0.25, -0.2) is 0 Å². The summed E-state index contributed by atoms with van der Waals surface area (Å²) in [5.74, 6) is 0.390. The van der Waals surface area contributed by atoms with E-state index in [1.54, 1.807) is 12.1 Å². The number of aliphatic hydroxyl groups excluding tert-OH is 1.